The molecular formula is C17H34N4. The zero-order valence-corrected chi connectivity index (χ0v) is 14.3. The number of hydrogen-bond acceptors (Lipinski definition) is 2. The fourth-order valence-corrected chi connectivity index (χ4v) is 3.68. The minimum absolute atomic E-state index is 0.801. The maximum atomic E-state index is 4.50. The number of likely N-dealkylation sites (tertiary alicyclic amines) is 2. The molecule has 0 aromatic carbocycles. The van der Waals surface area contributed by atoms with Crippen molar-refractivity contribution in [2.24, 2.45) is 16.8 Å². The highest BCUT2D eigenvalue weighted by Crippen LogP contribution is 2.18. The Hall–Kier alpha value is -0.770. The van der Waals surface area contributed by atoms with Gasteiger partial charge >= 0.3 is 0 Å². The largest absolute Gasteiger partial charge is 0.356 e. The molecule has 1 atom stereocenters. The van der Waals surface area contributed by atoms with Gasteiger partial charge in [0.05, 0.1) is 0 Å². The molecular weight excluding hydrogens is 260 g/mol. The smallest absolute Gasteiger partial charge is 0.193 e. The predicted octanol–water partition coefficient (Wildman–Crippen LogP) is 2.42. The summed E-state index contributed by atoms with van der Waals surface area (Å²) in [4.78, 5) is 9.55. The number of rotatable bonds is 4. The van der Waals surface area contributed by atoms with E-state index in [1.54, 1.807) is 0 Å². The number of aliphatic imine (C=N–C) groups is 1. The molecule has 1 N–H and O–H groups in total. The molecule has 0 aliphatic carbocycles. The molecule has 2 fully saturated rings. The van der Waals surface area contributed by atoms with Crippen LogP contribution in [-0.4, -0.2) is 62.1 Å². The molecule has 0 spiro atoms. The normalized spacial score (nSPS) is 26.1. The molecule has 0 saturated carbocycles. The quantitative estimate of drug-likeness (QED) is 0.638. The van der Waals surface area contributed by atoms with Crippen LogP contribution in [0.15, 0.2) is 4.99 Å². The van der Waals surface area contributed by atoms with Crippen LogP contribution in [0, 0.1) is 11.8 Å². The first-order chi connectivity index (χ1) is 10.2. The van der Waals surface area contributed by atoms with Gasteiger partial charge in [-0.05, 0) is 63.6 Å². The Morgan fingerprint density at radius 1 is 1.19 bits per heavy atom. The number of guanidine groups is 1. The summed E-state index contributed by atoms with van der Waals surface area (Å²) in [5.74, 6) is 2.74. The van der Waals surface area contributed by atoms with E-state index in [-0.39, 0.29) is 0 Å². The highest BCUT2D eigenvalue weighted by molar-refractivity contribution is 5.79. The van der Waals surface area contributed by atoms with Gasteiger partial charge in [0, 0.05) is 26.7 Å². The van der Waals surface area contributed by atoms with Crippen molar-refractivity contribution in [1.82, 2.24) is 15.1 Å². The molecule has 2 saturated heterocycles. The highest BCUT2D eigenvalue weighted by Gasteiger charge is 2.22. The fraction of sp³-hybridized carbons (Fsp3) is 0.941. The molecule has 2 aliphatic rings. The van der Waals surface area contributed by atoms with Crippen molar-refractivity contribution in [2.45, 2.75) is 46.0 Å². The van der Waals surface area contributed by atoms with E-state index in [2.05, 4.69) is 34.0 Å². The van der Waals surface area contributed by atoms with Gasteiger partial charge in [-0.25, -0.2) is 0 Å². The Balaban J connectivity index is 1.71. The molecule has 21 heavy (non-hydrogen) atoms. The standard InChI is InChI=1S/C17H34N4/c1-4-9-20-11-7-16(8-12-20)13-19-17(18-3)21-10-5-6-15(2)14-21/h15-16H,4-14H2,1-3H3,(H,18,19). The monoisotopic (exact) mass is 294 g/mol. The lowest BCUT2D eigenvalue weighted by atomic mass is 9.96. The zero-order chi connectivity index (χ0) is 15.1. The van der Waals surface area contributed by atoms with E-state index >= 15 is 0 Å². The number of nitrogens with zero attached hydrogens (tertiary/aromatic N) is 3. The van der Waals surface area contributed by atoms with Crippen molar-refractivity contribution in [1.29, 1.82) is 0 Å². The Bertz CT molecular complexity index is 321. The van der Waals surface area contributed by atoms with Crippen LogP contribution < -0.4 is 5.32 Å². The van der Waals surface area contributed by atoms with E-state index in [1.807, 2.05) is 7.05 Å². The summed E-state index contributed by atoms with van der Waals surface area (Å²) in [6.07, 6.45) is 6.62. The van der Waals surface area contributed by atoms with E-state index in [1.165, 1.54) is 58.3 Å². The minimum atomic E-state index is 0.801. The average molecular weight is 294 g/mol. The van der Waals surface area contributed by atoms with Crippen LogP contribution in [-0.2, 0) is 0 Å². The lowest BCUT2D eigenvalue weighted by Gasteiger charge is -2.35. The van der Waals surface area contributed by atoms with Crippen molar-refractivity contribution in [3.8, 4) is 0 Å². The molecule has 0 amide bonds. The summed E-state index contributed by atoms with van der Waals surface area (Å²) in [6.45, 7) is 11.9. The van der Waals surface area contributed by atoms with E-state index < -0.39 is 0 Å². The van der Waals surface area contributed by atoms with Gasteiger partial charge in [-0.1, -0.05) is 13.8 Å². The molecule has 4 nitrogen and oxygen atoms in total. The first-order valence-electron chi connectivity index (χ1n) is 8.90. The Morgan fingerprint density at radius 2 is 1.95 bits per heavy atom. The SMILES string of the molecule is CCCN1CCC(CNC(=NC)N2CCCC(C)C2)CC1. The molecule has 2 heterocycles. The third-order valence-corrected chi connectivity index (χ3v) is 4.96. The zero-order valence-electron chi connectivity index (χ0n) is 14.3. The van der Waals surface area contributed by atoms with Crippen molar-refractivity contribution < 1.29 is 0 Å². The summed E-state index contributed by atoms with van der Waals surface area (Å²) in [5.41, 5.74) is 0. The first-order valence-corrected chi connectivity index (χ1v) is 8.90. The van der Waals surface area contributed by atoms with E-state index in [0.29, 0.717) is 0 Å². The van der Waals surface area contributed by atoms with Crippen molar-refractivity contribution >= 4 is 5.96 Å². The van der Waals surface area contributed by atoms with Gasteiger partial charge in [-0.3, -0.25) is 4.99 Å². The third kappa shape index (κ3) is 5.17. The van der Waals surface area contributed by atoms with Crippen molar-refractivity contribution in [3.63, 3.8) is 0 Å². The van der Waals surface area contributed by atoms with Gasteiger partial charge in [-0.15, -0.1) is 0 Å². The molecule has 0 aromatic heterocycles. The van der Waals surface area contributed by atoms with Gasteiger partial charge in [-0.2, -0.15) is 0 Å². The molecule has 122 valence electrons. The maximum Gasteiger partial charge on any atom is 0.193 e. The van der Waals surface area contributed by atoms with Crippen LogP contribution in [0.1, 0.15) is 46.0 Å². The van der Waals surface area contributed by atoms with Crippen LogP contribution in [0.25, 0.3) is 0 Å². The second-order valence-electron chi connectivity index (χ2n) is 6.91. The van der Waals surface area contributed by atoms with Crippen LogP contribution in [0.5, 0.6) is 0 Å². The van der Waals surface area contributed by atoms with Gasteiger partial charge in [0.15, 0.2) is 5.96 Å². The Kier molecular flexibility index (Phi) is 6.81. The number of piperidine rings is 2. The molecule has 2 aliphatic heterocycles. The van der Waals surface area contributed by atoms with Gasteiger partial charge in [0.25, 0.3) is 0 Å². The molecule has 0 aromatic rings. The summed E-state index contributed by atoms with van der Waals surface area (Å²) in [5, 5.41) is 3.63. The molecule has 2 rings (SSSR count). The summed E-state index contributed by atoms with van der Waals surface area (Å²) < 4.78 is 0. The van der Waals surface area contributed by atoms with Crippen LogP contribution in [0.3, 0.4) is 0 Å². The number of hydrogen-bond donors (Lipinski definition) is 1. The lowest BCUT2D eigenvalue weighted by molar-refractivity contribution is 0.184. The second kappa shape index (κ2) is 8.62. The maximum absolute atomic E-state index is 4.50. The van der Waals surface area contributed by atoms with E-state index in [0.717, 1.165) is 30.9 Å². The average Bonchev–Trinajstić information content (AvgIpc) is 2.50. The van der Waals surface area contributed by atoms with Gasteiger partial charge in [0.1, 0.15) is 0 Å². The molecule has 1 unspecified atom stereocenters. The molecule has 4 heteroatoms. The van der Waals surface area contributed by atoms with Crippen molar-refractivity contribution in [3.05, 3.63) is 0 Å². The Labute approximate surface area is 131 Å². The summed E-state index contributed by atoms with van der Waals surface area (Å²) in [6, 6.07) is 0. The minimum Gasteiger partial charge on any atom is -0.356 e. The van der Waals surface area contributed by atoms with Crippen LogP contribution in [0.2, 0.25) is 0 Å². The van der Waals surface area contributed by atoms with Crippen LogP contribution >= 0.6 is 0 Å². The van der Waals surface area contributed by atoms with E-state index in [9.17, 15) is 0 Å². The fourth-order valence-electron chi connectivity index (χ4n) is 3.68. The topological polar surface area (TPSA) is 30.9 Å². The predicted molar refractivity (Wildman–Crippen MR) is 90.8 cm³/mol. The van der Waals surface area contributed by atoms with Gasteiger partial charge in [0.2, 0.25) is 0 Å². The number of nitrogens with one attached hydrogen (secondary N) is 1. The summed E-state index contributed by atoms with van der Waals surface area (Å²) >= 11 is 0. The van der Waals surface area contributed by atoms with Gasteiger partial charge < -0.3 is 15.1 Å². The first kappa shape index (κ1) is 16.6. The highest BCUT2D eigenvalue weighted by atomic mass is 15.3. The summed E-state index contributed by atoms with van der Waals surface area (Å²) in [7, 11) is 1.92. The third-order valence-electron chi connectivity index (χ3n) is 4.96. The van der Waals surface area contributed by atoms with Crippen LogP contribution in [0.4, 0.5) is 0 Å². The second-order valence-corrected chi connectivity index (χ2v) is 6.91. The van der Waals surface area contributed by atoms with E-state index in [4.69, 9.17) is 0 Å². The lowest BCUT2D eigenvalue weighted by Crippen LogP contribution is -2.48. The van der Waals surface area contributed by atoms with Crippen molar-refractivity contribution in [2.75, 3.05) is 46.3 Å². The Morgan fingerprint density at radius 3 is 2.57 bits per heavy atom. The molecule has 0 radical (unpaired) electrons. The molecule has 0 bridgehead atoms.